The van der Waals surface area contributed by atoms with Gasteiger partial charge >= 0.3 is 0 Å². The number of benzene rings is 1. The van der Waals surface area contributed by atoms with Crippen LogP contribution in [0.4, 0.5) is 0 Å². The number of rotatable bonds is 15. The second-order valence-corrected chi connectivity index (χ2v) is 10.4. The van der Waals surface area contributed by atoms with E-state index in [0.29, 0.717) is 18.4 Å². The third-order valence-electron chi connectivity index (χ3n) is 5.85. The van der Waals surface area contributed by atoms with E-state index in [2.05, 4.69) is 70.3 Å². The van der Waals surface area contributed by atoms with E-state index in [1.807, 2.05) is 12.1 Å². The Labute approximate surface area is 200 Å². The highest BCUT2D eigenvalue weighted by Gasteiger charge is 2.22. The summed E-state index contributed by atoms with van der Waals surface area (Å²) >= 11 is 0. The first kappa shape index (κ1) is 27.2. The molecule has 0 heterocycles. The molecule has 1 aliphatic rings. The molecule has 2 N–H and O–H groups in total. The minimum absolute atomic E-state index is 0.200. The van der Waals surface area contributed by atoms with Crippen molar-refractivity contribution in [1.29, 1.82) is 0 Å². The minimum atomic E-state index is -3.51. The van der Waals surface area contributed by atoms with Crippen molar-refractivity contribution < 1.29 is 13.2 Å². The fourth-order valence-corrected chi connectivity index (χ4v) is 5.17. The van der Waals surface area contributed by atoms with Gasteiger partial charge in [-0.2, -0.15) is 0 Å². The van der Waals surface area contributed by atoms with E-state index in [1.54, 1.807) is 14.1 Å². The fourth-order valence-electron chi connectivity index (χ4n) is 3.92. The lowest BCUT2D eigenvalue weighted by molar-refractivity contribution is 0.304. The van der Waals surface area contributed by atoms with Gasteiger partial charge in [0.15, 0.2) is 0 Å². The summed E-state index contributed by atoms with van der Waals surface area (Å²) < 4.78 is 33.5. The summed E-state index contributed by atoms with van der Waals surface area (Å²) in [4.78, 5) is 6.21. The van der Waals surface area contributed by atoms with E-state index >= 15 is 0 Å². The molecule has 0 aliphatic heterocycles. The molecule has 0 bridgehead atoms. The predicted molar refractivity (Wildman–Crippen MR) is 138 cm³/mol. The van der Waals surface area contributed by atoms with Crippen LogP contribution in [0.25, 0.3) is 0 Å². The van der Waals surface area contributed by atoms with Crippen molar-refractivity contribution in [2.45, 2.75) is 30.9 Å². The predicted octanol–water partition coefficient (Wildman–Crippen LogP) is 2.83. The number of hydrogen-bond acceptors (Lipinski definition) is 6. The van der Waals surface area contributed by atoms with Gasteiger partial charge in [-0.25, -0.2) is 13.1 Å². The average molecular weight is 477 g/mol. The molecule has 184 valence electrons. The molecule has 0 aromatic heterocycles. The van der Waals surface area contributed by atoms with Gasteiger partial charge in [-0.3, -0.25) is 4.99 Å². The molecule has 1 aliphatic carbocycles. The highest BCUT2D eigenvalue weighted by molar-refractivity contribution is 7.90. The molecule has 3 unspecified atom stereocenters. The number of allylic oxidation sites excluding steroid dienone is 4. The van der Waals surface area contributed by atoms with E-state index in [0.717, 1.165) is 31.7 Å². The van der Waals surface area contributed by atoms with Crippen LogP contribution in [0.1, 0.15) is 31.2 Å². The van der Waals surface area contributed by atoms with Gasteiger partial charge in [0.05, 0.1) is 0 Å². The lowest BCUT2D eigenvalue weighted by atomic mass is 9.85. The fraction of sp³-hybridized carbons (Fsp3) is 0.560. The zero-order valence-corrected chi connectivity index (χ0v) is 21.2. The first-order valence-electron chi connectivity index (χ1n) is 11.7. The summed E-state index contributed by atoms with van der Waals surface area (Å²) in [5.41, 5.74) is 1.25. The zero-order chi connectivity index (χ0) is 24.1. The summed E-state index contributed by atoms with van der Waals surface area (Å²) in [5.74, 6) is 1.70. The summed E-state index contributed by atoms with van der Waals surface area (Å²) in [6.45, 7) is 4.92. The highest BCUT2D eigenvalue weighted by atomic mass is 32.2. The third kappa shape index (κ3) is 9.41. The minimum Gasteiger partial charge on any atom is -0.492 e. The van der Waals surface area contributed by atoms with Crippen LogP contribution in [0.2, 0.25) is 0 Å². The molecule has 3 atom stereocenters. The number of ether oxygens (including phenoxy) is 1. The van der Waals surface area contributed by atoms with E-state index in [9.17, 15) is 8.42 Å². The molecule has 0 saturated carbocycles. The Morgan fingerprint density at radius 2 is 2.15 bits per heavy atom. The van der Waals surface area contributed by atoms with Gasteiger partial charge in [-0.15, -0.1) is 0 Å². The number of sulfonamides is 1. The summed E-state index contributed by atoms with van der Waals surface area (Å²) in [6.07, 6.45) is 12.4. The second kappa shape index (κ2) is 14.3. The Hall–Kier alpha value is -2.00. The standard InChI is InChI=1S/C25H40N4O3S/c1-5-29(4)20-23(16-21-10-7-6-8-11-21)22-12-9-13-24(17-22)32-15-14-28-33(30,31)25(18-26-2)19-27-3/h6-10,12-13,17-18,21,23,25,27-28H,5,11,14-16,19-20H2,1-4H3. The second-order valence-electron chi connectivity index (χ2n) is 8.46. The number of nitrogens with zero attached hydrogens (tertiary/aromatic N) is 2. The quantitative estimate of drug-likeness (QED) is 0.300. The largest absolute Gasteiger partial charge is 0.492 e. The van der Waals surface area contributed by atoms with Crippen LogP contribution >= 0.6 is 0 Å². The highest BCUT2D eigenvalue weighted by Crippen LogP contribution is 2.30. The van der Waals surface area contributed by atoms with Crippen LogP contribution in [0.5, 0.6) is 5.75 Å². The molecule has 7 nitrogen and oxygen atoms in total. The molecule has 8 heteroatoms. The van der Waals surface area contributed by atoms with Crippen molar-refractivity contribution >= 4 is 16.2 Å². The Bertz CT molecular complexity index is 899. The molecule has 2 rings (SSSR count). The maximum absolute atomic E-state index is 12.5. The molecule has 0 amide bonds. The molecule has 1 aromatic rings. The van der Waals surface area contributed by atoms with Crippen molar-refractivity contribution in [3.8, 4) is 5.75 Å². The summed E-state index contributed by atoms with van der Waals surface area (Å²) in [6, 6.07) is 8.21. The smallest absolute Gasteiger partial charge is 0.220 e. The summed E-state index contributed by atoms with van der Waals surface area (Å²) in [7, 11) is 1.93. The van der Waals surface area contributed by atoms with Gasteiger partial charge < -0.3 is 15.0 Å². The van der Waals surface area contributed by atoms with Gasteiger partial charge in [0, 0.05) is 32.9 Å². The molecular weight excluding hydrogens is 436 g/mol. The molecule has 0 fully saturated rings. The molecule has 0 radical (unpaired) electrons. The zero-order valence-electron chi connectivity index (χ0n) is 20.4. The topological polar surface area (TPSA) is 83.0 Å². The maximum atomic E-state index is 12.5. The van der Waals surface area contributed by atoms with Gasteiger partial charge in [0.2, 0.25) is 10.0 Å². The monoisotopic (exact) mass is 476 g/mol. The van der Waals surface area contributed by atoms with E-state index in [4.69, 9.17) is 4.74 Å². The van der Waals surface area contributed by atoms with Gasteiger partial charge in [-0.05, 0) is 63.0 Å². The third-order valence-corrected chi connectivity index (χ3v) is 7.54. The molecule has 0 spiro atoms. The molecule has 33 heavy (non-hydrogen) atoms. The number of likely N-dealkylation sites (N-methyl/N-ethyl adjacent to an activating group) is 1. The normalized spacial score (nSPS) is 18.2. The van der Waals surface area contributed by atoms with Gasteiger partial charge in [-0.1, -0.05) is 43.4 Å². The van der Waals surface area contributed by atoms with E-state index in [1.165, 1.54) is 11.8 Å². The van der Waals surface area contributed by atoms with Crippen LogP contribution in [-0.4, -0.2) is 78.7 Å². The molecule has 1 aromatic carbocycles. The van der Waals surface area contributed by atoms with Crippen molar-refractivity contribution in [1.82, 2.24) is 14.9 Å². The van der Waals surface area contributed by atoms with Crippen LogP contribution in [0, 0.1) is 5.92 Å². The lowest BCUT2D eigenvalue weighted by Gasteiger charge is -2.27. The Kier molecular flexibility index (Phi) is 11.8. The van der Waals surface area contributed by atoms with Crippen molar-refractivity contribution in [2.75, 3.05) is 53.9 Å². The first-order chi connectivity index (χ1) is 15.9. The Morgan fingerprint density at radius 3 is 2.82 bits per heavy atom. The SMILES string of the molecule is CCN(C)CC(CC1C=CC=CC1)c1cccc(OCCNS(=O)(=O)C(C=NC)CNC)c1. The van der Waals surface area contributed by atoms with E-state index in [-0.39, 0.29) is 13.2 Å². The van der Waals surface area contributed by atoms with E-state index < -0.39 is 15.3 Å². The van der Waals surface area contributed by atoms with Crippen molar-refractivity contribution in [3.63, 3.8) is 0 Å². The molecule has 0 saturated heterocycles. The number of hydrogen-bond donors (Lipinski definition) is 2. The Morgan fingerprint density at radius 1 is 1.33 bits per heavy atom. The lowest BCUT2D eigenvalue weighted by Crippen LogP contribution is -2.42. The van der Waals surface area contributed by atoms with Crippen molar-refractivity contribution in [3.05, 3.63) is 54.1 Å². The average Bonchev–Trinajstić information content (AvgIpc) is 2.82. The van der Waals surface area contributed by atoms with Crippen LogP contribution in [0.3, 0.4) is 0 Å². The van der Waals surface area contributed by atoms with Crippen LogP contribution < -0.4 is 14.8 Å². The number of nitrogens with one attached hydrogen (secondary N) is 2. The van der Waals surface area contributed by atoms with Crippen molar-refractivity contribution in [2.24, 2.45) is 10.9 Å². The summed E-state index contributed by atoms with van der Waals surface area (Å²) in [5, 5.41) is 2.17. The maximum Gasteiger partial charge on any atom is 0.220 e. The first-order valence-corrected chi connectivity index (χ1v) is 13.2. The van der Waals surface area contributed by atoms with Crippen LogP contribution in [0.15, 0.2) is 53.6 Å². The Balaban J connectivity index is 1.98. The number of aliphatic imine (C=N–C) groups is 1. The van der Waals surface area contributed by atoms with Gasteiger partial charge in [0.1, 0.15) is 17.6 Å². The molecular formula is C25H40N4O3S. The van der Waals surface area contributed by atoms with Gasteiger partial charge in [0.25, 0.3) is 0 Å². The van der Waals surface area contributed by atoms with Crippen LogP contribution in [-0.2, 0) is 10.0 Å².